The van der Waals surface area contributed by atoms with Crippen LogP contribution in [0.2, 0.25) is 5.02 Å². The zero-order valence-corrected chi connectivity index (χ0v) is 16.2. The Hall–Kier alpha value is -1.35. The first-order valence-electron chi connectivity index (χ1n) is 8.86. The molecule has 9 heteroatoms. The van der Waals surface area contributed by atoms with Gasteiger partial charge in [-0.2, -0.15) is 0 Å². The highest BCUT2D eigenvalue weighted by Gasteiger charge is 2.26. The van der Waals surface area contributed by atoms with E-state index in [-0.39, 0.29) is 16.7 Å². The highest BCUT2D eigenvalue weighted by molar-refractivity contribution is 7.92. The molecule has 0 aromatic heterocycles. The quantitative estimate of drug-likeness (QED) is 0.805. The lowest BCUT2D eigenvalue weighted by atomic mass is 10.2. The molecule has 26 heavy (non-hydrogen) atoms. The van der Waals surface area contributed by atoms with Gasteiger partial charge in [-0.25, -0.2) is 8.42 Å². The van der Waals surface area contributed by atoms with Gasteiger partial charge in [0.05, 0.1) is 35.2 Å². The van der Waals surface area contributed by atoms with E-state index < -0.39 is 10.0 Å². The molecular weight excluding hydrogens is 378 g/mol. The maximum atomic E-state index is 12.4. The second-order valence-electron chi connectivity index (χ2n) is 6.47. The standard InChI is InChI=1S/C17H24ClN3O4S/c18-16-13-14(21-6-1-2-12-26(21,23)24)3-4-15(16)17(22)19-5-7-20-8-10-25-11-9-20/h3-4,13H,1-2,5-12H2,(H,19,22). The van der Waals surface area contributed by atoms with Crippen LogP contribution in [0, 0.1) is 0 Å². The Morgan fingerprint density at radius 2 is 1.96 bits per heavy atom. The van der Waals surface area contributed by atoms with E-state index in [1.807, 2.05) is 0 Å². The summed E-state index contributed by atoms with van der Waals surface area (Å²) in [6.07, 6.45) is 1.50. The van der Waals surface area contributed by atoms with E-state index in [0.29, 0.717) is 30.8 Å². The first-order valence-corrected chi connectivity index (χ1v) is 10.8. The number of rotatable bonds is 5. The Labute approximate surface area is 159 Å². The molecule has 0 unspecified atom stereocenters. The number of anilines is 1. The molecule has 1 aromatic carbocycles. The molecule has 3 rings (SSSR count). The van der Waals surface area contributed by atoms with Crippen LogP contribution < -0.4 is 9.62 Å². The van der Waals surface area contributed by atoms with Gasteiger partial charge in [-0.15, -0.1) is 0 Å². The summed E-state index contributed by atoms with van der Waals surface area (Å²) in [4.78, 5) is 14.6. The van der Waals surface area contributed by atoms with E-state index in [4.69, 9.17) is 16.3 Å². The van der Waals surface area contributed by atoms with Gasteiger partial charge in [-0.3, -0.25) is 14.0 Å². The molecule has 0 spiro atoms. The fourth-order valence-corrected chi connectivity index (χ4v) is 5.06. The number of sulfonamides is 1. The number of nitrogens with zero attached hydrogens (tertiary/aromatic N) is 2. The van der Waals surface area contributed by atoms with Crippen LogP contribution >= 0.6 is 11.6 Å². The SMILES string of the molecule is O=C(NCCN1CCOCC1)c1ccc(N2CCCCS2(=O)=O)cc1Cl. The Morgan fingerprint density at radius 1 is 1.19 bits per heavy atom. The van der Waals surface area contributed by atoms with E-state index >= 15 is 0 Å². The summed E-state index contributed by atoms with van der Waals surface area (Å²) in [5.41, 5.74) is 0.867. The van der Waals surface area contributed by atoms with Gasteiger partial charge in [0.15, 0.2) is 0 Å². The van der Waals surface area contributed by atoms with E-state index in [1.54, 1.807) is 18.2 Å². The van der Waals surface area contributed by atoms with E-state index in [9.17, 15) is 13.2 Å². The molecule has 2 fully saturated rings. The molecular formula is C17H24ClN3O4S. The number of halogens is 1. The Balaban J connectivity index is 1.60. The molecule has 0 aliphatic carbocycles. The molecule has 1 aromatic rings. The van der Waals surface area contributed by atoms with Gasteiger partial charge in [0, 0.05) is 32.7 Å². The van der Waals surface area contributed by atoms with Crippen LogP contribution in [0.15, 0.2) is 18.2 Å². The predicted octanol–water partition coefficient (Wildman–Crippen LogP) is 1.33. The Kier molecular flexibility index (Phi) is 6.39. The minimum atomic E-state index is -3.29. The second-order valence-corrected chi connectivity index (χ2v) is 8.89. The van der Waals surface area contributed by atoms with E-state index in [1.165, 1.54) is 4.31 Å². The number of hydrogen-bond acceptors (Lipinski definition) is 5. The monoisotopic (exact) mass is 401 g/mol. The third-order valence-electron chi connectivity index (χ3n) is 4.65. The van der Waals surface area contributed by atoms with Gasteiger partial charge in [0.2, 0.25) is 10.0 Å². The summed E-state index contributed by atoms with van der Waals surface area (Å²) in [7, 11) is -3.29. The number of carbonyl (C=O) groups excluding carboxylic acids is 1. The maximum Gasteiger partial charge on any atom is 0.252 e. The number of amides is 1. The molecule has 0 bridgehead atoms. The summed E-state index contributed by atoms with van der Waals surface area (Å²) >= 11 is 6.25. The van der Waals surface area contributed by atoms with Gasteiger partial charge in [0.1, 0.15) is 0 Å². The fraction of sp³-hybridized carbons (Fsp3) is 0.588. The number of ether oxygens (including phenoxy) is 1. The minimum absolute atomic E-state index is 0.147. The van der Waals surface area contributed by atoms with Crippen LogP contribution in [-0.2, 0) is 14.8 Å². The molecule has 144 valence electrons. The molecule has 2 heterocycles. The number of morpholine rings is 1. The van der Waals surface area contributed by atoms with Crippen molar-refractivity contribution in [2.24, 2.45) is 0 Å². The van der Waals surface area contributed by atoms with Crippen LogP contribution in [-0.4, -0.2) is 70.9 Å². The zero-order chi connectivity index (χ0) is 18.6. The molecule has 0 atom stereocenters. The summed E-state index contributed by atoms with van der Waals surface area (Å²) < 4.78 is 31.1. The molecule has 0 saturated carbocycles. The second kappa shape index (κ2) is 8.56. The van der Waals surface area contributed by atoms with Crippen molar-refractivity contribution in [3.63, 3.8) is 0 Å². The summed E-state index contributed by atoms with van der Waals surface area (Å²) in [6, 6.07) is 4.79. The van der Waals surface area contributed by atoms with Crippen LogP contribution in [0.1, 0.15) is 23.2 Å². The van der Waals surface area contributed by atoms with Crippen molar-refractivity contribution < 1.29 is 17.9 Å². The lowest BCUT2D eigenvalue weighted by Gasteiger charge is -2.28. The van der Waals surface area contributed by atoms with Crippen molar-refractivity contribution in [3.8, 4) is 0 Å². The Morgan fingerprint density at radius 3 is 2.65 bits per heavy atom. The van der Waals surface area contributed by atoms with Crippen LogP contribution in [0.4, 0.5) is 5.69 Å². The first kappa shape index (κ1) is 19.4. The third-order valence-corrected chi connectivity index (χ3v) is 6.83. The van der Waals surface area contributed by atoms with Crippen LogP contribution in [0.3, 0.4) is 0 Å². The molecule has 1 amide bonds. The minimum Gasteiger partial charge on any atom is -0.379 e. The topological polar surface area (TPSA) is 79.0 Å². The van der Waals surface area contributed by atoms with Gasteiger partial charge >= 0.3 is 0 Å². The molecule has 2 saturated heterocycles. The molecule has 2 aliphatic rings. The average Bonchev–Trinajstić information content (AvgIpc) is 2.62. The lowest BCUT2D eigenvalue weighted by molar-refractivity contribution is 0.0383. The van der Waals surface area contributed by atoms with Crippen molar-refractivity contribution in [1.82, 2.24) is 10.2 Å². The number of nitrogens with one attached hydrogen (secondary N) is 1. The van der Waals surface area contributed by atoms with Crippen LogP contribution in [0.5, 0.6) is 0 Å². The highest BCUT2D eigenvalue weighted by Crippen LogP contribution is 2.28. The normalized spacial score (nSPS) is 20.7. The molecule has 7 nitrogen and oxygen atoms in total. The summed E-state index contributed by atoms with van der Waals surface area (Å²) in [5, 5.41) is 3.12. The van der Waals surface area contributed by atoms with Crippen LogP contribution in [0.25, 0.3) is 0 Å². The van der Waals surface area contributed by atoms with E-state index in [0.717, 1.165) is 39.3 Å². The van der Waals surface area contributed by atoms with Gasteiger partial charge in [-0.05, 0) is 31.0 Å². The molecule has 0 radical (unpaired) electrons. The van der Waals surface area contributed by atoms with Crippen molar-refractivity contribution in [3.05, 3.63) is 28.8 Å². The lowest BCUT2D eigenvalue weighted by Crippen LogP contribution is -2.41. The van der Waals surface area contributed by atoms with Crippen molar-refractivity contribution in [2.75, 3.05) is 56.0 Å². The molecule has 2 aliphatic heterocycles. The smallest absolute Gasteiger partial charge is 0.252 e. The van der Waals surface area contributed by atoms with E-state index in [2.05, 4.69) is 10.2 Å². The molecule has 1 N–H and O–H groups in total. The number of hydrogen-bond donors (Lipinski definition) is 1. The third kappa shape index (κ3) is 4.68. The van der Waals surface area contributed by atoms with Crippen molar-refractivity contribution in [1.29, 1.82) is 0 Å². The van der Waals surface area contributed by atoms with Crippen molar-refractivity contribution >= 4 is 33.2 Å². The zero-order valence-electron chi connectivity index (χ0n) is 14.6. The van der Waals surface area contributed by atoms with Gasteiger partial charge in [0.25, 0.3) is 5.91 Å². The maximum absolute atomic E-state index is 12.4. The largest absolute Gasteiger partial charge is 0.379 e. The summed E-state index contributed by atoms with van der Waals surface area (Å²) in [6.45, 7) is 4.92. The fourth-order valence-electron chi connectivity index (χ4n) is 3.17. The Bertz CT molecular complexity index is 750. The summed E-state index contributed by atoms with van der Waals surface area (Å²) in [5.74, 6) is -0.106. The predicted molar refractivity (Wildman–Crippen MR) is 101 cm³/mol. The highest BCUT2D eigenvalue weighted by atomic mass is 35.5. The number of carbonyl (C=O) groups is 1. The average molecular weight is 402 g/mol. The number of benzene rings is 1. The van der Waals surface area contributed by atoms with Gasteiger partial charge in [-0.1, -0.05) is 11.6 Å². The van der Waals surface area contributed by atoms with Crippen molar-refractivity contribution in [2.45, 2.75) is 12.8 Å². The first-order chi connectivity index (χ1) is 12.5. The van der Waals surface area contributed by atoms with Gasteiger partial charge < -0.3 is 10.1 Å².